The molecule has 6 nitrogen and oxygen atoms in total. The van der Waals surface area contributed by atoms with Gasteiger partial charge in [-0.25, -0.2) is 4.98 Å². The summed E-state index contributed by atoms with van der Waals surface area (Å²) >= 11 is 0. The third-order valence-electron chi connectivity index (χ3n) is 3.62. The standard InChI is InChI=1S/C14H16N4O2/c15-12(19)9-5-4-6-10-11(9)17-13(16-10)14(20)18-7-2-1-3-8-18/h4-6H,1-3,7-8H2,(H2,15,19)(H,16,17). The molecule has 1 aliphatic heterocycles. The van der Waals surface area contributed by atoms with Gasteiger partial charge in [-0.05, 0) is 31.4 Å². The van der Waals surface area contributed by atoms with Gasteiger partial charge in [0, 0.05) is 13.1 Å². The number of nitrogens with two attached hydrogens (primary N) is 1. The molecule has 0 atom stereocenters. The number of H-pyrrole nitrogens is 1. The van der Waals surface area contributed by atoms with E-state index in [0.29, 0.717) is 16.6 Å². The van der Waals surface area contributed by atoms with E-state index in [1.807, 2.05) is 0 Å². The maximum atomic E-state index is 12.4. The molecule has 1 fully saturated rings. The van der Waals surface area contributed by atoms with Crippen molar-refractivity contribution in [1.29, 1.82) is 0 Å². The Labute approximate surface area is 116 Å². The second-order valence-corrected chi connectivity index (χ2v) is 5.00. The van der Waals surface area contributed by atoms with Crippen LogP contribution in [0.15, 0.2) is 18.2 Å². The summed E-state index contributed by atoms with van der Waals surface area (Å²) in [6.45, 7) is 1.52. The first-order chi connectivity index (χ1) is 9.66. The number of carbonyl (C=O) groups is 2. The summed E-state index contributed by atoms with van der Waals surface area (Å²) in [5.41, 5.74) is 6.76. The molecule has 6 heteroatoms. The molecule has 0 aliphatic carbocycles. The number of hydrogen-bond donors (Lipinski definition) is 2. The number of imidazole rings is 1. The molecule has 2 heterocycles. The third kappa shape index (κ3) is 2.13. The number of primary amides is 1. The number of nitrogens with one attached hydrogen (secondary N) is 1. The molecule has 0 saturated carbocycles. The van der Waals surface area contributed by atoms with Gasteiger partial charge in [0.25, 0.3) is 11.8 Å². The summed E-state index contributed by atoms with van der Waals surface area (Å²) in [7, 11) is 0. The Morgan fingerprint density at radius 3 is 2.65 bits per heavy atom. The van der Waals surface area contributed by atoms with E-state index in [1.54, 1.807) is 23.1 Å². The summed E-state index contributed by atoms with van der Waals surface area (Å²) < 4.78 is 0. The third-order valence-corrected chi connectivity index (χ3v) is 3.62. The van der Waals surface area contributed by atoms with E-state index in [4.69, 9.17) is 5.73 Å². The average molecular weight is 272 g/mol. The van der Waals surface area contributed by atoms with E-state index >= 15 is 0 Å². The lowest BCUT2D eigenvalue weighted by Crippen LogP contribution is -2.36. The smallest absolute Gasteiger partial charge is 0.289 e. The highest BCUT2D eigenvalue weighted by Gasteiger charge is 2.22. The molecule has 0 unspecified atom stereocenters. The number of aromatic amines is 1. The maximum absolute atomic E-state index is 12.4. The van der Waals surface area contributed by atoms with Crippen LogP contribution in [0.4, 0.5) is 0 Å². The number of aromatic nitrogens is 2. The second-order valence-electron chi connectivity index (χ2n) is 5.00. The van der Waals surface area contributed by atoms with E-state index in [-0.39, 0.29) is 11.7 Å². The van der Waals surface area contributed by atoms with Crippen LogP contribution in [-0.4, -0.2) is 39.8 Å². The van der Waals surface area contributed by atoms with Crippen molar-refractivity contribution in [2.45, 2.75) is 19.3 Å². The number of para-hydroxylation sites is 1. The van der Waals surface area contributed by atoms with E-state index in [0.717, 1.165) is 32.4 Å². The predicted molar refractivity (Wildman–Crippen MR) is 74.4 cm³/mol. The monoisotopic (exact) mass is 272 g/mol. The van der Waals surface area contributed by atoms with Crippen LogP contribution >= 0.6 is 0 Å². The zero-order valence-electron chi connectivity index (χ0n) is 11.1. The van der Waals surface area contributed by atoms with Crippen molar-refractivity contribution >= 4 is 22.8 Å². The van der Waals surface area contributed by atoms with Crippen LogP contribution < -0.4 is 5.73 Å². The number of amides is 2. The number of rotatable bonds is 2. The number of nitrogens with zero attached hydrogens (tertiary/aromatic N) is 2. The molecule has 1 aromatic heterocycles. The lowest BCUT2D eigenvalue weighted by atomic mass is 10.1. The van der Waals surface area contributed by atoms with Crippen LogP contribution in [-0.2, 0) is 0 Å². The molecule has 1 aromatic carbocycles. The van der Waals surface area contributed by atoms with Crippen molar-refractivity contribution < 1.29 is 9.59 Å². The average Bonchev–Trinajstić information content (AvgIpc) is 2.90. The fraction of sp³-hybridized carbons (Fsp3) is 0.357. The summed E-state index contributed by atoms with van der Waals surface area (Å²) in [6.07, 6.45) is 3.22. The number of fused-ring (bicyclic) bond motifs is 1. The maximum Gasteiger partial charge on any atom is 0.289 e. The lowest BCUT2D eigenvalue weighted by molar-refractivity contribution is 0.0713. The molecule has 3 N–H and O–H groups in total. The fourth-order valence-electron chi connectivity index (χ4n) is 2.58. The minimum Gasteiger partial charge on any atom is -0.366 e. The van der Waals surface area contributed by atoms with E-state index in [1.165, 1.54) is 0 Å². The Morgan fingerprint density at radius 1 is 1.20 bits per heavy atom. The Bertz CT molecular complexity index is 671. The van der Waals surface area contributed by atoms with Gasteiger partial charge in [-0.3, -0.25) is 9.59 Å². The zero-order valence-corrected chi connectivity index (χ0v) is 11.1. The molecule has 0 bridgehead atoms. The number of benzene rings is 1. The van der Waals surface area contributed by atoms with Crippen molar-refractivity contribution in [1.82, 2.24) is 14.9 Å². The SMILES string of the molecule is NC(=O)c1cccc2[nH]c(C(=O)N3CCCCC3)nc12. The van der Waals surface area contributed by atoms with E-state index < -0.39 is 5.91 Å². The summed E-state index contributed by atoms with van der Waals surface area (Å²) in [6, 6.07) is 5.11. The normalized spacial score (nSPS) is 15.5. The van der Waals surface area contributed by atoms with Gasteiger partial charge in [-0.2, -0.15) is 0 Å². The highest BCUT2D eigenvalue weighted by Crippen LogP contribution is 2.18. The number of piperidine rings is 1. The first-order valence-electron chi connectivity index (χ1n) is 6.74. The van der Waals surface area contributed by atoms with Crippen LogP contribution in [0.25, 0.3) is 11.0 Å². The van der Waals surface area contributed by atoms with Gasteiger partial charge < -0.3 is 15.6 Å². The molecule has 1 saturated heterocycles. The van der Waals surface area contributed by atoms with E-state index in [2.05, 4.69) is 9.97 Å². The van der Waals surface area contributed by atoms with Gasteiger partial charge in [0.1, 0.15) is 5.52 Å². The Kier molecular flexibility index (Phi) is 3.14. The van der Waals surface area contributed by atoms with Gasteiger partial charge in [0.05, 0.1) is 11.1 Å². The first-order valence-corrected chi connectivity index (χ1v) is 6.74. The topological polar surface area (TPSA) is 92.1 Å². The first kappa shape index (κ1) is 12.7. The molecular weight excluding hydrogens is 256 g/mol. The Balaban J connectivity index is 1.98. The van der Waals surface area contributed by atoms with Crippen LogP contribution in [0.1, 0.15) is 40.2 Å². The van der Waals surface area contributed by atoms with Crippen molar-refractivity contribution in [3.8, 4) is 0 Å². The van der Waals surface area contributed by atoms with Crippen LogP contribution in [0, 0.1) is 0 Å². The Morgan fingerprint density at radius 2 is 1.95 bits per heavy atom. The van der Waals surface area contributed by atoms with Gasteiger partial charge in [-0.15, -0.1) is 0 Å². The van der Waals surface area contributed by atoms with Crippen molar-refractivity contribution in [3.63, 3.8) is 0 Å². The molecule has 0 radical (unpaired) electrons. The van der Waals surface area contributed by atoms with Crippen molar-refractivity contribution in [2.24, 2.45) is 5.73 Å². The fourth-order valence-corrected chi connectivity index (χ4v) is 2.58. The molecule has 3 rings (SSSR count). The summed E-state index contributed by atoms with van der Waals surface area (Å²) in [5, 5.41) is 0. The van der Waals surface area contributed by atoms with E-state index in [9.17, 15) is 9.59 Å². The highest BCUT2D eigenvalue weighted by atomic mass is 16.2. The Hall–Kier alpha value is -2.37. The number of carbonyl (C=O) groups excluding carboxylic acids is 2. The van der Waals surface area contributed by atoms with Crippen molar-refractivity contribution in [3.05, 3.63) is 29.6 Å². The number of likely N-dealkylation sites (tertiary alicyclic amines) is 1. The summed E-state index contributed by atoms with van der Waals surface area (Å²) in [4.78, 5) is 32.8. The molecule has 2 aromatic rings. The van der Waals surface area contributed by atoms with Crippen molar-refractivity contribution in [2.75, 3.05) is 13.1 Å². The van der Waals surface area contributed by atoms with Crippen LogP contribution in [0.2, 0.25) is 0 Å². The van der Waals surface area contributed by atoms with Crippen LogP contribution in [0.3, 0.4) is 0 Å². The summed E-state index contributed by atoms with van der Waals surface area (Å²) in [5.74, 6) is -0.383. The minimum absolute atomic E-state index is 0.115. The lowest BCUT2D eigenvalue weighted by Gasteiger charge is -2.25. The second kappa shape index (κ2) is 4.96. The highest BCUT2D eigenvalue weighted by molar-refractivity contribution is 6.05. The van der Waals surface area contributed by atoms with Gasteiger partial charge >= 0.3 is 0 Å². The largest absolute Gasteiger partial charge is 0.366 e. The zero-order chi connectivity index (χ0) is 14.1. The van der Waals surface area contributed by atoms with Gasteiger partial charge in [-0.1, -0.05) is 6.07 Å². The van der Waals surface area contributed by atoms with Gasteiger partial charge in [0.2, 0.25) is 0 Å². The molecule has 2 amide bonds. The molecule has 20 heavy (non-hydrogen) atoms. The molecule has 0 spiro atoms. The quantitative estimate of drug-likeness (QED) is 0.862. The predicted octanol–water partition coefficient (Wildman–Crippen LogP) is 1.29. The molecular formula is C14H16N4O2. The molecule has 104 valence electrons. The van der Waals surface area contributed by atoms with Crippen LogP contribution in [0.5, 0.6) is 0 Å². The molecule has 1 aliphatic rings. The number of hydrogen-bond acceptors (Lipinski definition) is 3. The minimum atomic E-state index is -0.543. The van der Waals surface area contributed by atoms with Gasteiger partial charge in [0.15, 0.2) is 5.82 Å².